The number of nitrogens with zero attached hydrogens (tertiary/aromatic N) is 2. The predicted octanol–water partition coefficient (Wildman–Crippen LogP) is 2.43. The van der Waals surface area contributed by atoms with E-state index in [2.05, 4.69) is 24.1 Å². The fourth-order valence-electron chi connectivity index (χ4n) is 4.11. The van der Waals surface area contributed by atoms with Crippen LogP contribution in [0.25, 0.3) is 0 Å². The Morgan fingerprint density at radius 3 is 2.54 bits per heavy atom. The van der Waals surface area contributed by atoms with E-state index < -0.39 is 0 Å². The van der Waals surface area contributed by atoms with E-state index in [1.54, 1.807) is 0 Å². The number of hydrogen-bond acceptors (Lipinski definition) is 4. The Hall–Kier alpha value is -1.92. The van der Waals surface area contributed by atoms with Crippen LogP contribution in [0.4, 0.5) is 0 Å². The van der Waals surface area contributed by atoms with Crippen molar-refractivity contribution in [3.63, 3.8) is 0 Å². The molecule has 0 aliphatic carbocycles. The third-order valence-electron chi connectivity index (χ3n) is 5.46. The van der Waals surface area contributed by atoms with Crippen molar-refractivity contribution < 1.29 is 14.3 Å². The van der Waals surface area contributed by atoms with Crippen molar-refractivity contribution in [1.29, 1.82) is 0 Å². The van der Waals surface area contributed by atoms with Crippen LogP contribution in [0.2, 0.25) is 0 Å². The summed E-state index contributed by atoms with van der Waals surface area (Å²) in [5.41, 5.74) is 1.86. The highest BCUT2D eigenvalue weighted by atomic mass is 16.5. The fourth-order valence-corrected chi connectivity index (χ4v) is 4.11. The van der Waals surface area contributed by atoms with Crippen LogP contribution in [-0.2, 0) is 16.1 Å². The Labute approximate surface area is 168 Å². The number of likely N-dealkylation sites (tertiary alicyclic amines) is 1. The third kappa shape index (κ3) is 6.04. The molecule has 2 amide bonds. The zero-order valence-electron chi connectivity index (χ0n) is 17.2. The number of carbonyl (C=O) groups is 2. The molecule has 2 saturated heterocycles. The van der Waals surface area contributed by atoms with E-state index in [0.29, 0.717) is 25.1 Å². The molecule has 2 aliphatic heterocycles. The van der Waals surface area contributed by atoms with Gasteiger partial charge in [-0.15, -0.1) is 0 Å². The molecule has 0 spiro atoms. The summed E-state index contributed by atoms with van der Waals surface area (Å²) in [5.74, 6) is 0.130. The molecule has 2 aliphatic rings. The molecule has 3 rings (SSSR count). The number of hydrogen-bond donors (Lipinski definition) is 1. The number of carbonyl (C=O) groups excluding carboxylic acids is 2. The number of ether oxygens (including phenoxy) is 1. The zero-order valence-corrected chi connectivity index (χ0v) is 17.2. The summed E-state index contributed by atoms with van der Waals surface area (Å²) in [4.78, 5) is 28.7. The lowest BCUT2D eigenvalue weighted by Gasteiger charge is -2.35. The van der Waals surface area contributed by atoms with Crippen LogP contribution in [0, 0.1) is 0 Å². The van der Waals surface area contributed by atoms with Gasteiger partial charge in [0.05, 0.1) is 12.2 Å². The van der Waals surface area contributed by atoms with Crippen molar-refractivity contribution in [2.24, 2.45) is 0 Å². The molecule has 28 heavy (non-hydrogen) atoms. The smallest absolute Gasteiger partial charge is 0.251 e. The van der Waals surface area contributed by atoms with Gasteiger partial charge in [-0.3, -0.25) is 14.5 Å². The summed E-state index contributed by atoms with van der Waals surface area (Å²) in [6.45, 7) is 8.85. The molecule has 154 valence electrons. The SMILES string of the molecule is CC1CN(Cc2ccc(C(=O)NCCN3CCCCCC3=O)cc2)CC(C)O1. The van der Waals surface area contributed by atoms with Crippen molar-refractivity contribution in [1.82, 2.24) is 15.1 Å². The van der Waals surface area contributed by atoms with E-state index in [9.17, 15) is 9.59 Å². The Morgan fingerprint density at radius 2 is 1.82 bits per heavy atom. The van der Waals surface area contributed by atoms with Crippen molar-refractivity contribution in [3.8, 4) is 0 Å². The molecule has 2 heterocycles. The van der Waals surface area contributed by atoms with E-state index in [4.69, 9.17) is 4.74 Å². The predicted molar refractivity (Wildman–Crippen MR) is 109 cm³/mol. The minimum atomic E-state index is -0.0811. The number of morpholine rings is 1. The summed E-state index contributed by atoms with van der Waals surface area (Å²) in [6.07, 6.45) is 4.30. The third-order valence-corrected chi connectivity index (χ3v) is 5.46. The largest absolute Gasteiger partial charge is 0.373 e. The van der Waals surface area contributed by atoms with Crippen LogP contribution in [0.1, 0.15) is 55.5 Å². The van der Waals surface area contributed by atoms with Crippen molar-refractivity contribution in [2.45, 2.75) is 58.3 Å². The van der Waals surface area contributed by atoms with Crippen molar-refractivity contribution in [3.05, 3.63) is 35.4 Å². The zero-order chi connectivity index (χ0) is 19.9. The molecule has 2 fully saturated rings. The standard InChI is InChI=1S/C22H33N3O3/c1-17-14-24(15-18(2)28-17)16-19-7-9-20(10-8-19)22(27)23-11-13-25-12-5-3-4-6-21(25)26/h7-10,17-18H,3-6,11-16H2,1-2H3,(H,23,27). The second-order valence-electron chi connectivity index (χ2n) is 8.10. The number of nitrogens with one attached hydrogen (secondary N) is 1. The Bertz CT molecular complexity index is 651. The van der Waals surface area contributed by atoms with E-state index in [1.165, 1.54) is 5.56 Å². The van der Waals surface area contributed by atoms with Gasteiger partial charge in [-0.1, -0.05) is 18.6 Å². The molecule has 0 radical (unpaired) electrons. The lowest BCUT2D eigenvalue weighted by Crippen LogP contribution is -2.44. The normalized spacial score (nSPS) is 24.1. The average molecular weight is 388 g/mol. The van der Waals surface area contributed by atoms with Gasteiger partial charge in [-0.2, -0.15) is 0 Å². The minimum Gasteiger partial charge on any atom is -0.373 e. The molecule has 1 aromatic carbocycles. The van der Waals surface area contributed by atoms with Crippen molar-refractivity contribution in [2.75, 3.05) is 32.7 Å². The molecule has 0 saturated carbocycles. The van der Waals surface area contributed by atoms with Crippen molar-refractivity contribution >= 4 is 11.8 Å². The lowest BCUT2D eigenvalue weighted by atomic mass is 10.1. The monoisotopic (exact) mass is 387 g/mol. The van der Waals surface area contributed by atoms with Gasteiger partial charge in [0.25, 0.3) is 5.91 Å². The molecular weight excluding hydrogens is 354 g/mol. The average Bonchev–Trinajstić information content (AvgIpc) is 2.86. The number of benzene rings is 1. The van der Waals surface area contributed by atoms with Gasteiger partial charge in [0.15, 0.2) is 0 Å². The lowest BCUT2D eigenvalue weighted by molar-refractivity contribution is -0.130. The fraction of sp³-hybridized carbons (Fsp3) is 0.636. The van der Waals surface area contributed by atoms with Gasteiger partial charge in [0.1, 0.15) is 0 Å². The van der Waals surface area contributed by atoms with Crippen LogP contribution >= 0.6 is 0 Å². The summed E-state index contributed by atoms with van der Waals surface area (Å²) in [5, 5.41) is 2.94. The second-order valence-corrected chi connectivity index (χ2v) is 8.10. The molecule has 2 atom stereocenters. The summed E-state index contributed by atoms with van der Waals surface area (Å²) >= 11 is 0. The first kappa shape index (κ1) is 20.8. The molecule has 6 heteroatoms. The van der Waals surface area contributed by atoms with Gasteiger partial charge in [0.2, 0.25) is 5.91 Å². The quantitative estimate of drug-likeness (QED) is 0.814. The number of amides is 2. The maximum Gasteiger partial charge on any atom is 0.251 e. The van der Waals surface area contributed by atoms with E-state index in [1.807, 2.05) is 29.2 Å². The molecule has 1 N–H and O–H groups in total. The first-order chi connectivity index (χ1) is 13.5. The summed E-state index contributed by atoms with van der Waals surface area (Å²) in [7, 11) is 0. The maximum absolute atomic E-state index is 12.4. The van der Waals surface area contributed by atoms with Gasteiger partial charge in [0, 0.05) is 51.3 Å². The highest BCUT2D eigenvalue weighted by Crippen LogP contribution is 2.15. The second kappa shape index (κ2) is 10.0. The first-order valence-electron chi connectivity index (χ1n) is 10.5. The highest BCUT2D eigenvalue weighted by molar-refractivity contribution is 5.94. The van der Waals surface area contributed by atoms with Crippen LogP contribution in [0.3, 0.4) is 0 Å². The molecule has 1 aromatic rings. The first-order valence-corrected chi connectivity index (χ1v) is 10.5. The highest BCUT2D eigenvalue weighted by Gasteiger charge is 2.22. The van der Waals surface area contributed by atoms with Crippen LogP contribution in [-0.4, -0.2) is 66.5 Å². The van der Waals surface area contributed by atoms with Gasteiger partial charge in [-0.25, -0.2) is 0 Å². The Kier molecular flexibility index (Phi) is 7.45. The van der Waals surface area contributed by atoms with Crippen LogP contribution in [0.15, 0.2) is 24.3 Å². The minimum absolute atomic E-state index is 0.0811. The maximum atomic E-state index is 12.4. The van der Waals surface area contributed by atoms with E-state index >= 15 is 0 Å². The van der Waals surface area contributed by atoms with E-state index in [0.717, 1.165) is 45.4 Å². The number of rotatable bonds is 6. The molecular formula is C22H33N3O3. The molecule has 0 aromatic heterocycles. The van der Waals surface area contributed by atoms with Crippen LogP contribution < -0.4 is 5.32 Å². The van der Waals surface area contributed by atoms with Gasteiger partial charge in [-0.05, 0) is 44.4 Å². The topological polar surface area (TPSA) is 61.9 Å². The Morgan fingerprint density at radius 1 is 1.11 bits per heavy atom. The summed E-state index contributed by atoms with van der Waals surface area (Å²) < 4.78 is 5.78. The molecule has 2 unspecified atom stereocenters. The Balaban J connectivity index is 1.45. The summed E-state index contributed by atoms with van der Waals surface area (Å²) in [6, 6.07) is 7.82. The molecule has 0 bridgehead atoms. The molecule has 6 nitrogen and oxygen atoms in total. The van der Waals surface area contributed by atoms with Gasteiger partial charge >= 0.3 is 0 Å². The van der Waals surface area contributed by atoms with Crippen LogP contribution in [0.5, 0.6) is 0 Å². The van der Waals surface area contributed by atoms with Gasteiger partial charge < -0.3 is 15.0 Å². The van der Waals surface area contributed by atoms with E-state index in [-0.39, 0.29) is 24.0 Å².